The van der Waals surface area contributed by atoms with E-state index < -0.39 is 12.1 Å². The Kier molecular flexibility index (Phi) is 5.59. The van der Waals surface area contributed by atoms with E-state index >= 15 is 0 Å². The SMILES string of the molecule is CCC(CC)C(C)C(=O)N1CCOC(C(=O)O)C1. The monoisotopic (exact) mass is 257 g/mol. The Morgan fingerprint density at radius 3 is 2.50 bits per heavy atom. The van der Waals surface area contributed by atoms with Crippen molar-refractivity contribution >= 4 is 11.9 Å². The minimum atomic E-state index is -0.998. The third-order valence-corrected chi connectivity index (χ3v) is 3.80. The van der Waals surface area contributed by atoms with Crippen LogP contribution in [-0.4, -0.2) is 47.7 Å². The van der Waals surface area contributed by atoms with Gasteiger partial charge in [0.2, 0.25) is 5.91 Å². The van der Waals surface area contributed by atoms with Crippen molar-refractivity contribution < 1.29 is 19.4 Å². The van der Waals surface area contributed by atoms with E-state index in [1.807, 2.05) is 6.92 Å². The van der Waals surface area contributed by atoms with E-state index in [0.717, 1.165) is 12.8 Å². The number of carbonyl (C=O) groups is 2. The molecular formula is C13H23NO4. The first kappa shape index (κ1) is 15.0. The van der Waals surface area contributed by atoms with Crippen LogP contribution in [-0.2, 0) is 14.3 Å². The number of hydrogen-bond donors (Lipinski definition) is 1. The Balaban J connectivity index is 2.63. The van der Waals surface area contributed by atoms with Gasteiger partial charge in [0.25, 0.3) is 0 Å². The van der Waals surface area contributed by atoms with Crippen LogP contribution >= 0.6 is 0 Å². The molecule has 1 saturated heterocycles. The Hall–Kier alpha value is -1.10. The largest absolute Gasteiger partial charge is 0.479 e. The van der Waals surface area contributed by atoms with Crippen molar-refractivity contribution in [3.8, 4) is 0 Å². The zero-order valence-electron chi connectivity index (χ0n) is 11.4. The molecule has 0 saturated carbocycles. The van der Waals surface area contributed by atoms with E-state index in [2.05, 4.69) is 13.8 Å². The highest BCUT2D eigenvalue weighted by Crippen LogP contribution is 2.22. The normalized spacial score (nSPS) is 22.0. The average Bonchev–Trinajstić information content (AvgIpc) is 2.39. The summed E-state index contributed by atoms with van der Waals surface area (Å²) in [5.74, 6) is -0.628. The molecule has 2 unspecified atom stereocenters. The van der Waals surface area contributed by atoms with Crippen LogP contribution in [0, 0.1) is 11.8 Å². The number of aliphatic carboxylic acids is 1. The predicted octanol–water partition coefficient (Wildman–Crippen LogP) is 1.37. The van der Waals surface area contributed by atoms with Gasteiger partial charge in [-0.15, -0.1) is 0 Å². The van der Waals surface area contributed by atoms with Crippen LogP contribution in [0.4, 0.5) is 0 Å². The van der Waals surface area contributed by atoms with E-state index in [-0.39, 0.29) is 18.4 Å². The Bertz CT molecular complexity index is 301. The fourth-order valence-electron chi connectivity index (χ4n) is 2.48. The Labute approximate surface area is 108 Å². The maximum atomic E-state index is 12.3. The van der Waals surface area contributed by atoms with Gasteiger partial charge in [-0.3, -0.25) is 4.79 Å². The minimum Gasteiger partial charge on any atom is -0.479 e. The second-order valence-electron chi connectivity index (χ2n) is 4.85. The Morgan fingerprint density at radius 2 is 2.00 bits per heavy atom. The van der Waals surface area contributed by atoms with Crippen LogP contribution in [0.1, 0.15) is 33.6 Å². The summed E-state index contributed by atoms with van der Waals surface area (Å²) in [5, 5.41) is 8.91. The van der Waals surface area contributed by atoms with Gasteiger partial charge in [0.1, 0.15) is 0 Å². The molecule has 0 aromatic carbocycles. The molecule has 0 aromatic rings. The van der Waals surface area contributed by atoms with Gasteiger partial charge in [0.15, 0.2) is 6.10 Å². The molecule has 1 amide bonds. The summed E-state index contributed by atoms with van der Waals surface area (Å²) < 4.78 is 5.12. The number of carboxylic acid groups (broad SMARTS) is 1. The van der Waals surface area contributed by atoms with E-state index in [1.165, 1.54) is 0 Å². The van der Waals surface area contributed by atoms with Crippen LogP contribution in [0.3, 0.4) is 0 Å². The molecule has 5 nitrogen and oxygen atoms in total. The zero-order chi connectivity index (χ0) is 13.7. The summed E-state index contributed by atoms with van der Waals surface area (Å²) >= 11 is 0. The van der Waals surface area contributed by atoms with Crippen molar-refractivity contribution in [1.82, 2.24) is 4.90 Å². The number of rotatable bonds is 5. The molecule has 104 valence electrons. The molecule has 5 heteroatoms. The lowest BCUT2D eigenvalue weighted by molar-refractivity contribution is -0.161. The summed E-state index contributed by atoms with van der Waals surface area (Å²) in [6.45, 7) is 7.06. The summed E-state index contributed by atoms with van der Waals surface area (Å²) in [5.41, 5.74) is 0. The number of carboxylic acids is 1. The first-order chi connectivity index (χ1) is 8.51. The van der Waals surface area contributed by atoms with Gasteiger partial charge < -0.3 is 14.7 Å². The predicted molar refractivity (Wildman–Crippen MR) is 67.2 cm³/mol. The first-order valence-electron chi connectivity index (χ1n) is 6.64. The minimum absolute atomic E-state index is 0.0486. The van der Waals surface area contributed by atoms with E-state index in [1.54, 1.807) is 4.90 Å². The number of hydrogen-bond acceptors (Lipinski definition) is 3. The lowest BCUT2D eigenvalue weighted by atomic mass is 9.88. The second-order valence-corrected chi connectivity index (χ2v) is 4.85. The lowest BCUT2D eigenvalue weighted by Crippen LogP contribution is -2.50. The standard InChI is InChI=1S/C13H23NO4/c1-4-10(5-2)9(3)12(15)14-6-7-18-11(8-14)13(16)17/h9-11H,4-8H2,1-3H3,(H,16,17). The maximum absolute atomic E-state index is 12.3. The summed E-state index contributed by atoms with van der Waals surface area (Å²) in [4.78, 5) is 24.8. The zero-order valence-corrected chi connectivity index (χ0v) is 11.4. The van der Waals surface area contributed by atoms with Gasteiger partial charge in [-0.1, -0.05) is 33.6 Å². The van der Waals surface area contributed by atoms with Crippen LogP contribution in [0.5, 0.6) is 0 Å². The average molecular weight is 257 g/mol. The van der Waals surface area contributed by atoms with Gasteiger partial charge in [-0.25, -0.2) is 4.79 Å². The molecule has 1 fully saturated rings. The van der Waals surface area contributed by atoms with Crippen LogP contribution in [0.15, 0.2) is 0 Å². The molecule has 1 rings (SSSR count). The molecule has 0 radical (unpaired) electrons. The van der Waals surface area contributed by atoms with Gasteiger partial charge in [0.05, 0.1) is 13.2 Å². The first-order valence-corrected chi connectivity index (χ1v) is 6.64. The molecular weight excluding hydrogens is 234 g/mol. The highest BCUT2D eigenvalue weighted by Gasteiger charge is 2.32. The number of amides is 1. The van der Waals surface area contributed by atoms with Crippen molar-refractivity contribution in [2.24, 2.45) is 11.8 Å². The van der Waals surface area contributed by atoms with Crippen molar-refractivity contribution in [3.05, 3.63) is 0 Å². The van der Waals surface area contributed by atoms with Crippen molar-refractivity contribution in [2.75, 3.05) is 19.7 Å². The second kappa shape index (κ2) is 6.73. The smallest absolute Gasteiger partial charge is 0.334 e. The van der Waals surface area contributed by atoms with Crippen molar-refractivity contribution in [3.63, 3.8) is 0 Å². The molecule has 1 aliphatic rings. The van der Waals surface area contributed by atoms with Gasteiger partial charge >= 0.3 is 5.97 Å². The molecule has 1 N–H and O–H groups in total. The summed E-state index contributed by atoms with van der Waals surface area (Å²) in [6, 6.07) is 0. The van der Waals surface area contributed by atoms with Crippen molar-refractivity contribution in [2.45, 2.75) is 39.7 Å². The molecule has 2 atom stereocenters. The molecule has 0 aromatic heterocycles. The number of morpholine rings is 1. The molecule has 0 spiro atoms. The molecule has 0 bridgehead atoms. The third-order valence-electron chi connectivity index (χ3n) is 3.80. The highest BCUT2D eigenvalue weighted by atomic mass is 16.5. The molecule has 1 heterocycles. The topological polar surface area (TPSA) is 66.8 Å². The van der Waals surface area contributed by atoms with E-state index in [4.69, 9.17) is 9.84 Å². The summed E-state index contributed by atoms with van der Waals surface area (Å²) in [6.07, 6.45) is 1.06. The van der Waals surface area contributed by atoms with Crippen LogP contribution in [0.25, 0.3) is 0 Å². The Morgan fingerprint density at radius 1 is 1.39 bits per heavy atom. The van der Waals surface area contributed by atoms with Crippen LogP contribution < -0.4 is 0 Å². The van der Waals surface area contributed by atoms with E-state index in [0.29, 0.717) is 19.1 Å². The highest BCUT2D eigenvalue weighted by molar-refractivity contribution is 5.80. The fraction of sp³-hybridized carbons (Fsp3) is 0.846. The molecule has 0 aliphatic carbocycles. The van der Waals surface area contributed by atoms with E-state index in [9.17, 15) is 9.59 Å². The fourth-order valence-corrected chi connectivity index (χ4v) is 2.48. The van der Waals surface area contributed by atoms with Gasteiger partial charge in [-0.2, -0.15) is 0 Å². The third kappa shape index (κ3) is 3.45. The number of nitrogens with zero attached hydrogens (tertiary/aromatic N) is 1. The maximum Gasteiger partial charge on any atom is 0.334 e. The van der Waals surface area contributed by atoms with Gasteiger partial charge in [-0.05, 0) is 5.92 Å². The van der Waals surface area contributed by atoms with Crippen molar-refractivity contribution in [1.29, 1.82) is 0 Å². The lowest BCUT2D eigenvalue weighted by Gasteiger charge is -2.34. The quantitative estimate of drug-likeness (QED) is 0.807. The number of carbonyl (C=O) groups excluding carboxylic acids is 1. The van der Waals surface area contributed by atoms with Crippen LogP contribution in [0.2, 0.25) is 0 Å². The summed E-state index contributed by atoms with van der Waals surface area (Å²) in [7, 11) is 0. The molecule has 1 aliphatic heterocycles. The van der Waals surface area contributed by atoms with Gasteiger partial charge in [0, 0.05) is 12.5 Å². The molecule has 18 heavy (non-hydrogen) atoms. The number of ether oxygens (including phenoxy) is 1.